The van der Waals surface area contributed by atoms with E-state index in [4.69, 9.17) is 0 Å². The summed E-state index contributed by atoms with van der Waals surface area (Å²) in [5, 5.41) is 7.64. The van der Waals surface area contributed by atoms with Crippen LogP contribution in [0.5, 0.6) is 0 Å². The second-order valence-electron chi connectivity index (χ2n) is 6.67. The summed E-state index contributed by atoms with van der Waals surface area (Å²) in [4.78, 5) is 9.39. The molecule has 0 aliphatic rings. The Morgan fingerprint density at radius 1 is 1.00 bits per heavy atom. The monoisotopic (exact) mass is 462 g/mol. The van der Waals surface area contributed by atoms with E-state index in [2.05, 4.69) is 25.1 Å². The fourth-order valence-electron chi connectivity index (χ4n) is 3.12. The van der Waals surface area contributed by atoms with Crippen molar-refractivity contribution in [3.8, 4) is 11.4 Å². The van der Waals surface area contributed by atoms with Crippen LogP contribution in [0.4, 0.5) is 15.9 Å². The van der Waals surface area contributed by atoms with Crippen molar-refractivity contribution in [2.45, 2.75) is 11.8 Å². The first-order valence-electron chi connectivity index (χ1n) is 9.06. The van der Waals surface area contributed by atoms with Crippen molar-refractivity contribution in [1.82, 2.24) is 24.5 Å². The number of aryl methyl sites for hydroxylation is 2. The van der Waals surface area contributed by atoms with E-state index < -0.39 is 10.0 Å². The Kier molecular flexibility index (Phi) is 6.25. The van der Waals surface area contributed by atoms with E-state index in [0.717, 1.165) is 5.69 Å². The number of sulfonamides is 1. The standard InChI is InChI=1S/C20H19FN6O2S.ClH/c1-12-17-18(27(3)26-12)20(25-19(24-17)13-4-6-14(21)7-5-13)23-15-8-10-16(11-9-15)30(28,29)22-2;/h4-11,22H,1-3H3,(H,23,24,25);1H. The smallest absolute Gasteiger partial charge is 0.240 e. The van der Waals surface area contributed by atoms with Gasteiger partial charge in [-0.25, -0.2) is 27.5 Å². The second-order valence-corrected chi connectivity index (χ2v) is 8.55. The van der Waals surface area contributed by atoms with Gasteiger partial charge in [-0.2, -0.15) is 5.10 Å². The second kappa shape index (κ2) is 8.58. The van der Waals surface area contributed by atoms with E-state index in [1.54, 1.807) is 36.0 Å². The third-order valence-corrected chi connectivity index (χ3v) is 6.08. The Morgan fingerprint density at radius 3 is 2.26 bits per heavy atom. The number of fused-ring (bicyclic) bond motifs is 1. The molecule has 162 valence electrons. The highest BCUT2D eigenvalue weighted by Crippen LogP contribution is 2.29. The van der Waals surface area contributed by atoms with Crippen LogP contribution in [0.15, 0.2) is 53.4 Å². The van der Waals surface area contributed by atoms with Gasteiger partial charge < -0.3 is 5.32 Å². The first-order valence-corrected chi connectivity index (χ1v) is 10.5. The lowest BCUT2D eigenvalue weighted by Crippen LogP contribution is -2.18. The number of nitrogens with one attached hydrogen (secondary N) is 2. The molecular weight excluding hydrogens is 443 g/mol. The van der Waals surface area contributed by atoms with Gasteiger partial charge in [-0.15, -0.1) is 12.4 Å². The molecule has 8 nitrogen and oxygen atoms in total. The molecule has 2 N–H and O–H groups in total. The lowest BCUT2D eigenvalue weighted by Gasteiger charge is -2.11. The normalized spacial score (nSPS) is 11.4. The molecule has 31 heavy (non-hydrogen) atoms. The van der Waals surface area contributed by atoms with Gasteiger partial charge in [-0.05, 0) is 62.5 Å². The first-order chi connectivity index (χ1) is 14.3. The molecule has 0 aliphatic heterocycles. The van der Waals surface area contributed by atoms with Crippen LogP contribution >= 0.6 is 12.4 Å². The van der Waals surface area contributed by atoms with Crippen LogP contribution in [-0.2, 0) is 17.1 Å². The lowest BCUT2D eigenvalue weighted by atomic mass is 10.2. The van der Waals surface area contributed by atoms with E-state index in [0.29, 0.717) is 33.9 Å². The van der Waals surface area contributed by atoms with E-state index in [-0.39, 0.29) is 23.1 Å². The fraction of sp³-hybridized carbons (Fsp3) is 0.150. The van der Waals surface area contributed by atoms with Gasteiger partial charge in [0.1, 0.15) is 16.9 Å². The molecule has 0 saturated carbocycles. The predicted octanol–water partition coefficient (Wildman–Crippen LogP) is 3.55. The van der Waals surface area contributed by atoms with Crippen molar-refractivity contribution in [3.05, 3.63) is 60.0 Å². The molecule has 0 radical (unpaired) electrons. The van der Waals surface area contributed by atoms with E-state index >= 15 is 0 Å². The third kappa shape index (κ3) is 4.36. The van der Waals surface area contributed by atoms with E-state index in [1.165, 1.54) is 31.3 Å². The minimum atomic E-state index is -3.52. The average molecular weight is 463 g/mol. The highest BCUT2D eigenvalue weighted by molar-refractivity contribution is 7.89. The Balaban J connectivity index is 0.00000272. The van der Waals surface area contributed by atoms with Crippen LogP contribution in [0.3, 0.4) is 0 Å². The van der Waals surface area contributed by atoms with Gasteiger partial charge in [0, 0.05) is 18.3 Å². The number of hydrogen-bond donors (Lipinski definition) is 2. The number of aromatic nitrogens is 4. The van der Waals surface area contributed by atoms with Crippen molar-refractivity contribution >= 4 is 45.0 Å². The largest absolute Gasteiger partial charge is 0.338 e. The van der Waals surface area contributed by atoms with Gasteiger partial charge in [-0.3, -0.25) is 4.68 Å². The van der Waals surface area contributed by atoms with Crippen LogP contribution < -0.4 is 10.0 Å². The maximum absolute atomic E-state index is 13.3. The summed E-state index contributed by atoms with van der Waals surface area (Å²) >= 11 is 0. The van der Waals surface area contributed by atoms with E-state index in [1.807, 2.05) is 6.92 Å². The SMILES string of the molecule is CNS(=O)(=O)c1ccc(Nc2nc(-c3ccc(F)cc3)nc3c(C)nn(C)c23)cc1.Cl. The zero-order chi connectivity index (χ0) is 21.5. The van der Waals surface area contributed by atoms with Crippen molar-refractivity contribution in [3.63, 3.8) is 0 Å². The molecule has 4 rings (SSSR count). The molecule has 0 fully saturated rings. The summed E-state index contributed by atoms with van der Waals surface area (Å²) in [5.74, 6) is 0.592. The number of rotatable bonds is 5. The summed E-state index contributed by atoms with van der Waals surface area (Å²) in [6, 6.07) is 12.2. The summed E-state index contributed by atoms with van der Waals surface area (Å²) in [5.41, 5.74) is 3.42. The van der Waals surface area contributed by atoms with Crippen LogP contribution in [0.1, 0.15) is 5.69 Å². The number of nitrogens with zero attached hydrogens (tertiary/aromatic N) is 4. The van der Waals surface area contributed by atoms with Gasteiger partial charge >= 0.3 is 0 Å². The van der Waals surface area contributed by atoms with Crippen LogP contribution in [0, 0.1) is 12.7 Å². The van der Waals surface area contributed by atoms with Crippen molar-refractivity contribution in [2.75, 3.05) is 12.4 Å². The Morgan fingerprint density at radius 2 is 1.65 bits per heavy atom. The highest BCUT2D eigenvalue weighted by atomic mass is 35.5. The van der Waals surface area contributed by atoms with Gasteiger partial charge in [-0.1, -0.05) is 0 Å². The molecule has 0 saturated heterocycles. The van der Waals surface area contributed by atoms with Crippen molar-refractivity contribution in [2.24, 2.45) is 7.05 Å². The quantitative estimate of drug-likeness (QED) is 0.470. The fourth-order valence-corrected chi connectivity index (χ4v) is 3.85. The van der Waals surface area contributed by atoms with Crippen molar-refractivity contribution < 1.29 is 12.8 Å². The summed E-state index contributed by atoms with van der Waals surface area (Å²) in [7, 11) is -0.363. The van der Waals surface area contributed by atoms with Gasteiger partial charge in [0.25, 0.3) is 0 Å². The molecule has 0 spiro atoms. The third-order valence-electron chi connectivity index (χ3n) is 4.65. The van der Waals surface area contributed by atoms with Gasteiger partial charge in [0.2, 0.25) is 10.0 Å². The number of benzene rings is 2. The van der Waals surface area contributed by atoms with Crippen molar-refractivity contribution in [1.29, 1.82) is 0 Å². The first kappa shape index (κ1) is 22.6. The molecule has 0 bridgehead atoms. The predicted molar refractivity (Wildman–Crippen MR) is 120 cm³/mol. The maximum atomic E-state index is 13.3. The Labute approximate surface area is 185 Å². The number of halogens is 2. The zero-order valence-corrected chi connectivity index (χ0v) is 18.6. The molecule has 11 heteroatoms. The molecule has 0 aliphatic carbocycles. The molecule has 0 unspecified atom stereocenters. The van der Waals surface area contributed by atoms with Crippen LogP contribution in [0.2, 0.25) is 0 Å². The maximum Gasteiger partial charge on any atom is 0.240 e. The molecule has 0 atom stereocenters. The molecule has 2 heterocycles. The lowest BCUT2D eigenvalue weighted by molar-refractivity contribution is 0.588. The molecule has 0 amide bonds. The summed E-state index contributed by atoms with van der Waals surface area (Å²) in [6.07, 6.45) is 0. The molecule has 4 aromatic rings. The minimum absolute atomic E-state index is 0. The summed E-state index contributed by atoms with van der Waals surface area (Å²) in [6.45, 7) is 1.85. The Bertz CT molecular complexity index is 1340. The zero-order valence-electron chi connectivity index (χ0n) is 16.9. The van der Waals surface area contributed by atoms with Gasteiger partial charge in [0.05, 0.1) is 10.6 Å². The average Bonchev–Trinajstić information content (AvgIpc) is 3.03. The minimum Gasteiger partial charge on any atom is -0.338 e. The summed E-state index contributed by atoms with van der Waals surface area (Å²) < 4.78 is 41.1. The molecular formula is C20H20ClFN6O2S. The number of hydrogen-bond acceptors (Lipinski definition) is 6. The van der Waals surface area contributed by atoms with Gasteiger partial charge in [0.15, 0.2) is 11.6 Å². The highest BCUT2D eigenvalue weighted by Gasteiger charge is 2.17. The Hall–Kier alpha value is -3.08. The van der Waals surface area contributed by atoms with E-state index in [9.17, 15) is 12.8 Å². The van der Waals surface area contributed by atoms with Crippen LogP contribution in [-0.4, -0.2) is 35.2 Å². The molecule has 2 aromatic carbocycles. The number of anilines is 2. The van der Waals surface area contributed by atoms with Crippen LogP contribution in [0.25, 0.3) is 22.4 Å². The topological polar surface area (TPSA) is 102 Å². The molecule has 2 aromatic heterocycles.